The molecule has 0 aromatic heterocycles. The molecule has 0 spiro atoms. The maximum absolute atomic E-state index is 6.11. The Labute approximate surface area is 118 Å². The van der Waals surface area contributed by atoms with Crippen molar-refractivity contribution in [3.63, 3.8) is 0 Å². The predicted octanol–water partition coefficient (Wildman–Crippen LogP) is 2.55. The lowest BCUT2D eigenvalue weighted by atomic mass is 9.85. The van der Waals surface area contributed by atoms with Gasteiger partial charge in [0.15, 0.2) is 0 Å². The van der Waals surface area contributed by atoms with Gasteiger partial charge in [0.2, 0.25) is 0 Å². The van der Waals surface area contributed by atoms with Gasteiger partial charge in [0.05, 0.1) is 5.60 Å². The number of ether oxygens (including phenoxy) is 1. The van der Waals surface area contributed by atoms with Crippen LogP contribution in [0.3, 0.4) is 0 Å². The van der Waals surface area contributed by atoms with Crippen LogP contribution in [-0.4, -0.2) is 48.3 Å². The van der Waals surface area contributed by atoms with Crippen molar-refractivity contribution in [2.75, 3.05) is 19.7 Å². The molecule has 3 fully saturated rings. The van der Waals surface area contributed by atoms with Gasteiger partial charge < -0.3 is 10.1 Å². The Hall–Kier alpha value is -0.120. The maximum atomic E-state index is 6.11. The summed E-state index contributed by atoms with van der Waals surface area (Å²) in [5.41, 5.74) is 0.172. The van der Waals surface area contributed by atoms with E-state index in [-0.39, 0.29) is 5.60 Å². The zero-order valence-electron chi connectivity index (χ0n) is 12.7. The largest absolute Gasteiger partial charge is 0.375 e. The molecule has 1 N–H and O–H groups in total. The van der Waals surface area contributed by atoms with Crippen molar-refractivity contribution >= 4 is 0 Å². The van der Waals surface area contributed by atoms with Gasteiger partial charge in [0, 0.05) is 37.8 Å². The van der Waals surface area contributed by atoms with Crippen LogP contribution in [0, 0.1) is 0 Å². The first-order valence-electron chi connectivity index (χ1n) is 8.39. The Morgan fingerprint density at radius 1 is 1.11 bits per heavy atom. The van der Waals surface area contributed by atoms with Gasteiger partial charge in [-0.3, -0.25) is 4.90 Å². The summed E-state index contributed by atoms with van der Waals surface area (Å²) < 4.78 is 6.11. The summed E-state index contributed by atoms with van der Waals surface area (Å²) in [4.78, 5) is 2.74. The molecule has 2 unspecified atom stereocenters. The summed E-state index contributed by atoms with van der Waals surface area (Å²) >= 11 is 0. The van der Waals surface area contributed by atoms with Crippen LogP contribution < -0.4 is 5.32 Å². The highest BCUT2D eigenvalue weighted by Gasteiger charge is 2.39. The van der Waals surface area contributed by atoms with E-state index in [1.54, 1.807) is 0 Å². The fourth-order valence-corrected chi connectivity index (χ4v) is 3.89. The van der Waals surface area contributed by atoms with Crippen molar-refractivity contribution in [1.82, 2.24) is 10.2 Å². The maximum Gasteiger partial charge on any atom is 0.0692 e. The highest BCUT2D eigenvalue weighted by molar-refractivity contribution is 4.95. The molecule has 0 radical (unpaired) electrons. The van der Waals surface area contributed by atoms with Crippen LogP contribution in [0.4, 0.5) is 0 Å². The van der Waals surface area contributed by atoms with Crippen LogP contribution >= 0.6 is 0 Å². The van der Waals surface area contributed by atoms with E-state index >= 15 is 0 Å². The average molecular weight is 266 g/mol. The molecule has 3 nitrogen and oxygen atoms in total. The second-order valence-electron chi connectivity index (χ2n) is 6.81. The van der Waals surface area contributed by atoms with E-state index in [1.807, 2.05) is 0 Å². The van der Waals surface area contributed by atoms with Crippen LogP contribution in [0.15, 0.2) is 0 Å². The first-order valence-corrected chi connectivity index (χ1v) is 8.39. The Morgan fingerprint density at radius 2 is 1.89 bits per heavy atom. The molecule has 110 valence electrons. The lowest BCUT2D eigenvalue weighted by molar-refractivity contribution is -0.108. The number of hydrogen-bond donors (Lipinski definition) is 1. The molecule has 3 rings (SSSR count). The quantitative estimate of drug-likeness (QED) is 0.827. The molecule has 3 heteroatoms. The summed E-state index contributed by atoms with van der Waals surface area (Å²) in [5, 5.41) is 3.80. The molecular weight excluding hydrogens is 236 g/mol. The third-order valence-electron chi connectivity index (χ3n) is 5.54. The van der Waals surface area contributed by atoms with Crippen molar-refractivity contribution in [1.29, 1.82) is 0 Å². The minimum atomic E-state index is 0.172. The monoisotopic (exact) mass is 266 g/mol. The fraction of sp³-hybridized carbons (Fsp3) is 1.00. The van der Waals surface area contributed by atoms with Gasteiger partial charge in [0.1, 0.15) is 0 Å². The van der Waals surface area contributed by atoms with E-state index in [0.29, 0.717) is 0 Å². The number of nitrogens with one attached hydrogen (secondary N) is 1. The van der Waals surface area contributed by atoms with Crippen LogP contribution in [-0.2, 0) is 4.74 Å². The van der Waals surface area contributed by atoms with E-state index in [2.05, 4.69) is 24.1 Å². The highest BCUT2D eigenvalue weighted by atomic mass is 16.5. The molecule has 0 amide bonds. The number of hydrogen-bond acceptors (Lipinski definition) is 3. The highest BCUT2D eigenvalue weighted by Crippen LogP contribution is 2.35. The zero-order chi connectivity index (χ0) is 13.3. The minimum Gasteiger partial charge on any atom is -0.375 e. The summed E-state index contributed by atoms with van der Waals surface area (Å²) in [5.74, 6) is 0. The van der Waals surface area contributed by atoms with E-state index in [9.17, 15) is 0 Å². The third kappa shape index (κ3) is 3.14. The summed E-state index contributed by atoms with van der Waals surface area (Å²) in [7, 11) is 0. The Morgan fingerprint density at radius 3 is 2.58 bits per heavy atom. The SMILES string of the molecule is CCC1(CC)CC(N2CCC(NC3CC3)C2)CCO1. The van der Waals surface area contributed by atoms with Crippen LogP contribution in [0.1, 0.15) is 58.8 Å². The molecule has 0 aromatic carbocycles. The van der Waals surface area contributed by atoms with Gasteiger partial charge in [-0.25, -0.2) is 0 Å². The Bertz CT molecular complexity index is 299. The topological polar surface area (TPSA) is 24.5 Å². The first-order chi connectivity index (χ1) is 9.24. The van der Waals surface area contributed by atoms with E-state index in [0.717, 1.165) is 37.6 Å². The van der Waals surface area contributed by atoms with Crippen LogP contribution in [0.5, 0.6) is 0 Å². The average Bonchev–Trinajstić information content (AvgIpc) is 3.14. The molecule has 1 aliphatic carbocycles. The lowest BCUT2D eigenvalue weighted by Crippen LogP contribution is -2.48. The van der Waals surface area contributed by atoms with E-state index < -0.39 is 0 Å². The second-order valence-corrected chi connectivity index (χ2v) is 6.81. The van der Waals surface area contributed by atoms with Crippen molar-refractivity contribution in [3.8, 4) is 0 Å². The zero-order valence-corrected chi connectivity index (χ0v) is 12.7. The Kier molecular flexibility index (Phi) is 4.16. The lowest BCUT2D eigenvalue weighted by Gasteiger charge is -2.43. The predicted molar refractivity (Wildman–Crippen MR) is 78.4 cm³/mol. The van der Waals surface area contributed by atoms with Gasteiger partial charge in [0.25, 0.3) is 0 Å². The number of likely N-dealkylation sites (tertiary alicyclic amines) is 1. The molecular formula is C16H30N2O. The molecule has 2 saturated heterocycles. The summed E-state index contributed by atoms with van der Waals surface area (Å²) in [6, 6.07) is 2.37. The fourth-order valence-electron chi connectivity index (χ4n) is 3.89. The van der Waals surface area contributed by atoms with Crippen LogP contribution in [0.25, 0.3) is 0 Å². The molecule has 2 aliphatic heterocycles. The van der Waals surface area contributed by atoms with Gasteiger partial charge in [-0.1, -0.05) is 13.8 Å². The minimum absolute atomic E-state index is 0.172. The van der Waals surface area contributed by atoms with Crippen molar-refractivity contribution in [3.05, 3.63) is 0 Å². The van der Waals surface area contributed by atoms with Crippen molar-refractivity contribution < 1.29 is 4.74 Å². The normalized spacial score (nSPS) is 35.7. The van der Waals surface area contributed by atoms with Crippen LogP contribution in [0.2, 0.25) is 0 Å². The molecule has 0 bridgehead atoms. The molecule has 2 heterocycles. The number of rotatable bonds is 5. The first kappa shape index (κ1) is 13.8. The molecule has 19 heavy (non-hydrogen) atoms. The van der Waals surface area contributed by atoms with Gasteiger partial charge >= 0.3 is 0 Å². The molecule has 3 aliphatic rings. The van der Waals surface area contributed by atoms with Gasteiger partial charge in [-0.2, -0.15) is 0 Å². The Balaban J connectivity index is 1.53. The standard InChI is InChI=1S/C16H30N2O/c1-3-16(4-2)11-15(8-10-19-16)18-9-7-14(12-18)17-13-5-6-13/h13-15,17H,3-12H2,1-2H3. The number of nitrogens with zero attached hydrogens (tertiary/aromatic N) is 1. The van der Waals surface area contributed by atoms with Crippen molar-refractivity contribution in [2.24, 2.45) is 0 Å². The van der Waals surface area contributed by atoms with Crippen molar-refractivity contribution in [2.45, 2.75) is 82.5 Å². The summed E-state index contributed by atoms with van der Waals surface area (Å²) in [6.45, 7) is 8.09. The van der Waals surface area contributed by atoms with Gasteiger partial charge in [-0.15, -0.1) is 0 Å². The molecule has 1 saturated carbocycles. The summed E-state index contributed by atoms with van der Waals surface area (Å²) in [6.07, 6.45) is 8.97. The van der Waals surface area contributed by atoms with Gasteiger partial charge in [-0.05, 0) is 44.9 Å². The smallest absolute Gasteiger partial charge is 0.0692 e. The van der Waals surface area contributed by atoms with E-state index in [1.165, 1.54) is 45.2 Å². The second kappa shape index (κ2) is 5.71. The third-order valence-corrected chi connectivity index (χ3v) is 5.54. The molecule has 0 aromatic rings. The van der Waals surface area contributed by atoms with E-state index in [4.69, 9.17) is 4.74 Å². The molecule has 2 atom stereocenters.